The molecule has 0 aliphatic heterocycles. The van der Waals surface area contributed by atoms with E-state index in [0.717, 1.165) is 6.42 Å². The number of nitrogens with two attached hydrogens (primary N) is 1. The van der Waals surface area contributed by atoms with Gasteiger partial charge in [-0.1, -0.05) is 44.0 Å². The van der Waals surface area contributed by atoms with E-state index in [4.69, 9.17) is 15.2 Å². The number of nitrogens with zero attached hydrogens (tertiary/aromatic N) is 4. The van der Waals surface area contributed by atoms with E-state index >= 15 is 0 Å². The minimum atomic E-state index is -4.16. The van der Waals surface area contributed by atoms with E-state index in [1.807, 2.05) is 35.8 Å². The van der Waals surface area contributed by atoms with Gasteiger partial charge in [-0.15, -0.1) is 0 Å². The Kier molecular flexibility index (Phi) is 16.6. The summed E-state index contributed by atoms with van der Waals surface area (Å²) >= 11 is 0. The quantitative estimate of drug-likeness (QED) is 0.0123. The van der Waals surface area contributed by atoms with E-state index in [1.165, 1.54) is 6.20 Å². The number of unbranched alkanes of at least 4 members (excludes halogenated alkanes) is 1. The van der Waals surface area contributed by atoms with Crippen LogP contribution in [0.4, 0.5) is 11.6 Å². The molecule has 7 aromatic rings. The topological polar surface area (TPSA) is 291 Å². The van der Waals surface area contributed by atoms with Crippen molar-refractivity contribution >= 4 is 78.4 Å². The molecule has 3 aromatic heterocycles. The first-order valence-electron chi connectivity index (χ1n) is 23.0. The first kappa shape index (κ1) is 51.0. The van der Waals surface area contributed by atoms with Gasteiger partial charge < -0.3 is 36.5 Å². The molecule has 0 bridgehead atoms. The molecule has 0 fully saturated rings. The molecule has 0 aliphatic rings. The molecule has 71 heavy (non-hydrogen) atoms. The van der Waals surface area contributed by atoms with E-state index in [2.05, 4.69) is 41.2 Å². The SMILES string of the molecule is CCCCC(NC(=O)c1ccc(NCc2cnc3nc(N)[nH]c(=O)c3n2)cc1)C(=O)NCCOCCNC(=O)c1cc(C)c(OC(=O)c2c3ccccc3[n+](CCCS(=O)(=O)O)c3ccccc23)c(C)c1. The average Bonchev–Trinajstić information content (AvgIpc) is 3.34. The number of aromatic nitrogens is 5. The number of benzene rings is 4. The van der Waals surface area contributed by atoms with Crippen molar-refractivity contribution in [3.8, 4) is 5.75 Å². The number of esters is 1. The minimum Gasteiger partial charge on any atom is -0.422 e. The van der Waals surface area contributed by atoms with Crippen molar-refractivity contribution in [3.05, 3.63) is 135 Å². The van der Waals surface area contributed by atoms with Crippen molar-refractivity contribution in [1.82, 2.24) is 35.9 Å². The van der Waals surface area contributed by atoms with Crippen LogP contribution >= 0.6 is 0 Å². The van der Waals surface area contributed by atoms with E-state index in [9.17, 15) is 36.9 Å². The largest absolute Gasteiger partial charge is 0.422 e. The molecule has 0 radical (unpaired) electrons. The number of para-hydroxylation sites is 2. The third-order valence-corrected chi connectivity index (χ3v) is 12.3. The lowest BCUT2D eigenvalue weighted by molar-refractivity contribution is -0.645. The van der Waals surface area contributed by atoms with Crippen LogP contribution in [0.5, 0.6) is 5.75 Å². The number of aryl methyl sites for hydroxylation is 3. The summed E-state index contributed by atoms with van der Waals surface area (Å²) in [5.41, 5.74) is 10.0. The number of hydrogen-bond donors (Lipinski definition) is 7. The Labute approximate surface area is 408 Å². The fraction of sp³-hybridized carbons (Fsp3) is 0.300. The summed E-state index contributed by atoms with van der Waals surface area (Å²) < 4.78 is 45.9. The van der Waals surface area contributed by atoms with Crippen LogP contribution < -0.4 is 41.9 Å². The number of fused-ring (bicyclic) bond motifs is 3. The number of aromatic amines is 1. The van der Waals surface area contributed by atoms with Crippen LogP contribution in [-0.4, -0.2) is 94.7 Å². The molecule has 0 aliphatic carbocycles. The third kappa shape index (κ3) is 13.1. The molecule has 0 spiro atoms. The van der Waals surface area contributed by atoms with Gasteiger partial charge in [-0.2, -0.15) is 18.0 Å². The number of ether oxygens (including phenoxy) is 2. The Balaban J connectivity index is 0.865. The van der Waals surface area contributed by atoms with Gasteiger partial charge in [0.05, 0.1) is 53.7 Å². The highest BCUT2D eigenvalue weighted by molar-refractivity contribution is 7.85. The van der Waals surface area contributed by atoms with Gasteiger partial charge in [-0.25, -0.2) is 14.8 Å². The summed E-state index contributed by atoms with van der Waals surface area (Å²) in [4.78, 5) is 80.7. The molecule has 3 heterocycles. The lowest BCUT2D eigenvalue weighted by Crippen LogP contribution is -2.47. The Morgan fingerprint density at radius 2 is 1.49 bits per heavy atom. The van der Waals surface area contributed by atoms with Crippen molar-refractivity contribution in [2.45, 2.75) is 65.6 Å². The Bertz CT molecular complexity index is 3210. The molecule has 1 atom stereocenters. The van der Waals surface area contributed by atoms with Crippen LogP contribution in [0.3, 0.4) is 0 Å². The normalized spacial score (nSPS) is 11.9. The number of hydrogen-bond acceptors (Lipinski definition) is 14. The van der Waals surface area contributed by atoms with Crippen molar-refractivity contribution in [3.63, 3.8) is 0 Å². The number of rotatable bonds is 22. The first-order valence-corrected chi connectivity index (χ1v) is 24.6. The molecule has 3 amide bonds. The molecule has 0 saturated heterocycles. The molecule has 21 heteroatoms. The maximum absolute atomic E-state index is 14.1. The lowest BCUT2D eigenvalue weighted by Gasteiger charge is -2.18. The molecule has 8 N–H and O–H groups in total. The van der Waals surface area contributed by atoms with Crippen LogP contribution in [0.2, 0.25) is 0 Å². The Hall–Kier alpha value is -7.88. The highest BCUT2D eigenvalue weighted by Crippen LogP contribution is 2.30. The van der Waals surface area contributed by atoms with Crippen molar-refractivity contribution in [2.75, 3.05) is 43.1 Å². The summed E-state index contributed by atoms with van der Waals surface area (Å²) in [6, 6.07) is 23.7. The lowest BCUT2D eigenvalue weighted by atomic mass is 10.0. The highest BCUT2D eigenvalue weighted by Gasteiger charge is 2.27. The van der Waals surface area contributed by atoms with Crippen molar-refractivity contribution in [2.24, 2.45) is 0 Å². The number of H-pyrrole nitrogens is 1. The average molecular weight is 988 g/mol. The van der Waals surface area contributed by atoms with Gasteiger partial charge in [-0.05, 0) is 79.9 Å². The second-order valence-corrected chi connectivity index (χ2v) is 18.3. The van der Waals surface area contributed by atoms with Crippen LogP contribution in [0.1, 0.15) is 80.5 Å². The molecule has 0 saturated carbocycles. The monoisotopic (exact) mass is 987 g/mol. The summed E-state index contributed by atoms with van der Waals surface area (Å²) in [5, 5.41) is 12.9. The van der Waals surface area contributed by atoms with Gasteiger partial charge >= 0.3 is 5.97 Å². The molecule has 370 valence electrons. The number of nitrogen functional groups attached to an aromatic ring is 1. The molecule has 7 rings (SSSR count). The van der Waals surface area contributed by atoms with Crippen LogP contribution in [0.25, 0.3) is 33.0 Å². The van der Waals surface area contributed by atoms with Gasteiger partial charge in [0, 0.05) is 48.5 Å². The minimum absolute atomic E-state index is 0.0481. The first-order chi connectivity index (χ1) is 34.1. The van der Waals surface area contributed by atoms with Crippen LogP contribution in [-0.2, 0) is 32.7 Å². The summed E-state index contributed by atoms with van der Waals surface area (Å²) in [7, 11) is -4.16. The molecular weight excluding hydrogens is 933 g/mol. The molecular formula is C50H55N10O10S+. The highest BCUT2D eigenvalue weighted by atomic mass is 32.2. The van der Waals surface area contributed by atoms with Gasteiger partial charge in [0.1, 0.15) is 11.8 Å². The van der Waals surface area contributed by atoms with Crippen LogP contribution in [0.15, 0.2) is 95.9 Å². The molecule has 20 nitrogen and oxygen atoms in total. The van der Waals surface area contributed by atoms with Gasteiger partial charge in [-0.3, -0.25) is 28.7 Å². The maximum atomic E-state index is 14.1. The second kappa shape index (κ2) is 23.2. The van der Waals surface area contributed by atoms with E-state index in [1.54, 1.807) is 74.5 Å². The van der Waals surface area contributed by atoms with Gasteiger partial charge in [0.2, 0.25) is 22.9 Å². The van der Waals surface area contributed by atoms with Crippen molar-refractivity contribution in [1.29, 1.82) is 0 Å². The number of amides is 3. The predicted molar refractivity (Wildman–Crippen MR) is 267 cm³/mol. The Morgan fingerprint density at radius 1 is 0.845 bits per heavy atom. The van der Waals surface area contributed by atoms with Gasteiger partial charge in [0.15, 0.2) is 17.7 Å². The predicted octanol–water partition coefficient (Wildman–Crippen LogP) is 4.47. The fourth-order valence-corrected chi connectivity index (χ4v) is 8.58. The third-order valence-electron chi connectivity index (χ3n) is 11.5. The van der Waals surface area contributed by atoms with E-state index in [0.29, 0.717) is 79.6 Å². The fourth-order valence-electron chi connectivity index (χ4n) is 8.08. The summed E-state index contributed by atoms with van der Waals surface area (Å²) in [6.07, 6.45) is 3.63. The number of pyridine rings is 1. The van der Waals surface area contributed by atoms with E-state index < -0.39 is 39.3 Å². The van der Waals surface area contributed by atoms with Crippen LogP contribution in [0, 0.1) is 13.8 Å². The van der Waals surface area contributed by atoms with Crippen molar-refractivity contribution < 1.29 is 46.2 Å². The van der Waals surface area contributed by atoms with Gasteiger partial charge in [0.25, 0.3) is 27.5 Å². The summed E-state index contributed by atoms with van der Waals surface area (Å²) in [6.45, 7) is 6.70. The number of nitrogens with one attached hydrogen (secondary N) is 5. The number of carbonyl (C=O) groups is 4. The molecule has 4 aromatic carbocycles. The number of anilines is 2. The second-order valence-electron chi connectivity index (χ2n) is 16.8. The smallest absolute Gasteiger partial charge is 0.345 e. The van der Waals surface area contributed by atoms with E-state index in [-0.39, 0.29) is 74.7 Å². The number of carbonyl (C=O) groups excluding carboxylic acids is 4. The standard InChI is InChI=1S/C50H54N10O10S/c1-4-5-13-38(57-46(62)32-16-18-34(19-17-32)54-28-35-29-55-44-42(56-35)48(64)59-50(51)58-44)47(63)53-21-24-69-23-20-52-45(61)33-26-30(2)43(31(3)27-33)70-49(65)41-36-11-6-8-14-39(36)60(22-10-25-71(66,67)68)40-15-9-7-12-37(40)41/h6-9,11-12,14-19,26-27,29,38H,4-5,10,13,20-25,28H2,1-3H3,(H7-,51,52,53,54,55,57,58,59,61,62,63,64,66,67,68)/p+1. The Morgan fingerprint density at radius 3 is 2.14 bits per heavy atom. The maximum Gasteiger partial charge on any atom is 0.345 e. The zero-order valence-corrected chi connectivity index (χ0v) is 40.2. The zero-order chi connectivity index (χ0) is 50.7. The summed E-state index contributed by atoms with van der Waals surface area (Å²) in [5.74, 6) is -1.86. The zero-order valence-electron chi connectivity index (χ0n) is 39.4. The molecule has 1 unspecified atom stereocenters.